The van der Waals surface area contributed by atoms with Crippen LogP contribution >= 0.6 is 11.6 Å². The molecule has 2 aliphatic rings. The van der Waals surface area contributed by atoms with Crippen LogP contribution in [0.4, 0.5) is 4.39 Å². The smallest absolute Gasteiger partial charge is 0.338 e. The van der Waals surface area contributed by atoms with Crippen LogP contribution < -0.4 is 0 Å². The van der Waals surface area contributed by atoms with Crippen molar-refractivity contribution in [3.8, 4) is 0 Å². The summed E-state index contributed by atoms with van der Waals surface area (Å²) in [4.78, 5) is 25.5. The fourth-order valence-electron chi connectivity index (χ4n) is 3.69. The number of carbonyl (C=O) groups is 2. The Morgan fingerprint density at radius 1 is 1.29 bits per heavy atom. The first kappa shape index (κ1) is 15.1. The highest BCUT2D eigenvalue weighted by atomic mass is 35.5. The highest BCUT2D eigenvalue weighted by molar-refractivity contribution is 6.34. The third-order valence-corrected chi connectivity index (χ3v) is 5.11. The van der Waals surface area contributed by atoms with Gasteiger partial charge < -0.3 is 10.0 Å². The van der Waals surface area contributed by atoms with Crippen molar-refractivity contribution in [3.63, 3.8) is 0 Å². The quantitative estimate of drug-likeness (QED) is 0.900. The SMILES string of the molecule is O=C(O)c1cc2c(cc1F)[C@H](N1Cc3cccc(Cl)c3C1=O)CC2. The summed E-state index contributed by atoms with van der Waals surface area (Å²) in [5.41, 5.74) is 2.52. The zero-order valence-corrected chi connectivity index (χ0v) is 13.3. The molecule has 24 heavy (non-hydrogen) atoms. The number of amides is 1. The molecule has 4 nitrogen and oxygen atoms in total. The Balaban J connectivity index is 1.73. The molecule has 0 unspecified atom stereocenters. The van der Waals surface area contributed by atoms with E-state index in [1.165, 1.54) is 12.1 Å². The van der Waals surface area contributed by atoms with E-state index in [4.69, 9.17) is 16.7 Å². The molecule has 1 amide bonds. The Hall–Kier alpha value is -2.40. The van der Waals surface area contributed by atoms with Crippen LogP contribution in [0.3, 0.4) is 0 Å². The number of carboxylic acids is 1. The number of aromatic carboxylic acids is 1. The number of carboxylic acid groups (broad SMARTS) is 1. The molecule has 1 aliphatic carbocycles. The van der Waals surface area contributed by atoms with Crippen LogP contribution in [0.1, 0.15) is 49.9 Å². The highest BCUT2D eigenvalue weighted by Gasteiger charge is 2.38. The molecule has 1 aliphatic heterocycles. The van der Waals surface area contributed by atoms with Gasteiger partial charge in [-0.05, 0) is 47.7 Å². The molecule has 4 rings (SSSR count). The van der Waals surface area contributed by atoms with Crippen LogP contribution in [-0.4, -0.2) is 21.9 Å². The molecule has 0 spiro atoms. The molecule has 122 valence electrons. The lowest BCUT2D eigenvalue weighted by Crippen LogP contribution is -2.28. The molecule has 2 aromatic rings. The number of nitrogens with zero attached hydrogens (tertiary/aromatic N) is 1. The summed E-state index contributed by atoms with van der Waals surface area (Å²) in [6, 6.07) is 7.74. The van der Waals surface area contributed by atoms with Crippen LogP contribution in [-0.2, 0) is 13.0 Å². The highest BCUT2D eigenvalue weighted by Crippen LogP contribution is 2.42. The van der Waals surface area contributed by atoms with Crippen molar-refractivity contribution in [3.05, 3.63) is 69.0 Å². The first-order valence-electron chi connectivity index (χ1n) is 7.61. The number of benzene rings is 2. The lowest BCUT2D eigenvalue weighted by molar-refractivity contribution is 0.0683. The van der Waals surface area contributed by atoms with Gasteiger partial charge >= 0.3 is 5.97 Å². The van der Waals surface area contributed by atoms with Crippen molar-refractivity contribution < 1.29 is 19.1 Å². The fraction of sp³-hybridized carbons (Fsp3) is 0.222. The summed E-state index contributed by atoms with van der Waals surface area (Å²) in [5, 5.41) is 9.47. The Kier molecular flexibility index (Phi) is 3.35. The lowest BCUT2D eigenvalue weighted by Gasteiger charge is -2.25. The molecule has 2 aromatic carbocycles. The Morgan fingerprint density at radius 2 is 2.08 bits per heavy atom. The van der Waals surface area contributed by atoms with Gasteiger partial charge in [0.1, 0.15) is 5.82 Å². The van der Waals surface area contributed by atoms with E-state index in [0.717, 1.165) is 11.1 Å². The maximum atomic E-state index is 14.1. The molecule has 1 atom stereocenters. The van der Waals surface area contributed by atoms with E-state index >= 15 is 0 Å². The standard InChI is InChI=1S/C18H13ClFNO3/c19-13-3-1-2-10-8-21(17(22)16(10)13)15-5-4-9-6-12(18(23)24)14(20)7-11(9)15/h1-3,6-7,15H,4-5,8H2,(H,23,24)/t15-/m1/s1. The number of fused-ring (bicyclic) bond motifs is 2. The van der Waals surface area contributed by atoms with Gasteiger partial charge in [-0.3, -0.25) is 4.79 Å². The molecule has 0 bridgehead atoms. The molecular formula is C18H13ClFNO3. The molecule has 1 N–H and O–H groups in total. The van der Waals surface area contributed by atoms with Gasteiger partial charge in [0.2, 0.25) is 0 Å². The lowest BCUT2D eigenvalue weighted by atomic mass is 10.0. The van der Waals surface area contributed by atoms with Gasteiger partial charge in [0.25, 0.3) is 5.91 Å². The van der Waals surface area contributed by atoms with E-state index in [0.29, 0.717) is 35.5 Å². The monoisotopic (exact) mass is 345 g/mol. The average molecular weight is 346 g/mol. The second-order valence-electron chi connectivity index (χ2n) is 6.10. The summed E-state index contributed by atoms with van der Waals surface area (Å²) in [6.07, 6.45) is 1.27. The Bertz CT molecular complexity index is 896. The topological polar surface area (TPSA) is 57.6 Å². The van der Waals surface area contributed by atoms with Crippen LogP contribution in [0.15, 0.2) is 30.3 Å². The Labute approximate surface area is 142 Å². The minimum atomic E-state index is -1.28. The van der Waals surface area contributed by atoms with Gasteiger partial charge in [-0.25, -0.2) is 9.18 Å². The summed E-state index contributed by atoms with van der Waals surface area (Å²) >= 11 is 6.14. The minimum Gasteiger partial charge on any atom is -0.478 e. The predicted molar refractivity (Wildman–Crippen MR) is 85.7 cm³/mol. The van der Waals surface area contributed by atoms with E-state index in [9.17, 15) is 14.0 Å². The average Bonchev–Trinajstić information content (AvgIpc) is 3.08. The van der Waals surface area contributed by atoms with Gasteiger partial charge in [0.05, 0.1) is 22.2 Å². The third kappa shape index (κ3) is 2.12. The maximum absolute atomic E-state index is 14.1. The van der Waals surface area contributed by atoms with Crippen LogP contribution in [0.5, 0.6) is 0 Å². The summed E-state index contributed by atoms with van der Waals surface area (Å²) < 4.78 is 14.1. The minimum absolute atomic E-state index is 0.156. The van der Waals surface area contributed by atoms with Crippen molar-refractivity contribution in [2.75, 3.05) is 0 Å². The fourth-order valence-corrected chi connectivity index (χ4v) is 3.96. The number of hydrogen-bond acceptors (Lipinski definition) is 2. The third-order valence-electron chi connectivity index (χ3n) is 4.80. The van der Waals surface area contributed by atoms with E-state index in [-0.39, 0.29) is 17.5 Å². The van der Waals surface area contributed by atoms with Crippen molar-refractivity contribution in [1.29, 1.82) is 0 Å². The Morgan fingerprint density at radius 3 is 2.79 bits per heavy atom. The van der Waals surface area contributed by atoms with E-state index < -0.39 is 11.8 Å². The molecule has 0 radical (unpaired) electrons. The van der Waals surface area contributed by atoms with Crippen LogP contribution in [0, 0.1) is 5.82 Å². The molecule has 0 fully saturated rings. The zero-order valence-electron chi connectivity index (χ0n) is 12.6. The van der Waals surface area contributed by atoms with E-state index in [2.05, 4.69) is 0 Å². The van der Waals surface area contributed by atoms with Crippen LogP contribution in [0.25, 0.3) is 0 Å². The number of carbonyl (C=O) groups excluding carboxylic acids is 1. The van der Waals surface area contributed by atoms with Gasteiger partial charge in [0.15, 0.2) is 0 Å². The predicted octanol–water partition coefficient (Wildman–Crippen LogP) is 3.82. The second-order valence-corrected chi connectivity index (χ2v) is 6.50. The summed E-state index contributed by atoms with van der Waals surface area (Å²) in [7, 11) is 0. The maximum Gasteiger partial charge on any atom is 0.338 e. The molecule has 6 heteroatoms. The number of aryl methyl sites for hydroxylation is 1. The van der Waals surface area contributed by atoms with Crippen molar-refractivity contribution in [2.24, 2.45) is 0 Å². The van der Waals surface area contributed by atoms with Crippen molar-refractivity contribution >= 4 is 23.5 Å². The number of rotatable bonds is 2. The van der Waals surface area contributed by atoms with Crippen LogP contribution in [0.2, 0.25) is 5.02 Å². The molecule has 0 saturated heterocycles. The summed E-state index contributed by atoms with van der Waals surface area (Å²) in [5.74, 6) is -2.21. The van der Waals surface area contributed by atoms with E-state index in [1.54, 1.807) is 17.0 Å². The number of hydrogen-bond donors (Lipinski definition) is 1. The van der Waals surface area contributed by atoms with Gasteiger partial charge in [-0.1, -0.05) is 23.7 Å². The largest absolute Gasteiger partial charge is 0.478 e. The van der Waals surface area contributed by atoms with E-state index in [1.807, 2.05) is 6.07 Å². The first-order chi connectivity index (χ1) is 11.5. The molecule has 1 heterocycles. The van der Waals surface area contributed by atoms with Gasteiger partial charge in [-0.15, -0.1) is 0 Å². The molecular weight excluding hydrogens is 333 g/mol. The summed E-state index contributed by atoms with van der Waals surface area (Å²) in [6.45, 7) is 0.432. The zero-order chi connectivity index (χ0) is 17.0. The van der Waals surface area contributed by atoms with Crippen molar-refractivity contribution in [2.45, 2.75) is 25.4 Å². The van der Waals surface area contributed by atoms with Gasteiger partial charge in [0, 0.05) is 6.54 Å². The number of halogens is 2. The van der Waals surface area contributed by atoms with Gasteiger partial charge in [-0.2, -0.15) is 0 Å². The molecule has 0 aromatic heterocycles. The molecule has 0 saturated carbocycles. The van der Waals surface area contributed by atoms with Crippen molar-refractivity contribution in [1.82, 2.24) is 4.90 Å². The normalized spacial score (nSPS) is 18.7. The second kappa shape index (κ2) is 5.31. The first-order valence-corrected chi connectivity index (χ1v) is 7.99.